The van der Waals surface area contributed by atoms with Gasteiger partial charge < -0.3 is 0 Å². The quantitative estimate of drug-likeness (QED) is 0.821. The molecule has 1 aromatic rings. The summed E-state index contributed by atoms with van der Waals surface area (Å²) in [6.45, 7) is 1.99. The number of ether oxygens (including phenoxy) is 2. The third kappa shape index (κ3) is 3.14. The first-order valence-corrected chi connectivity index (χ1v) is 7.73. The maximum absolute atomic E-state index is 5.82. The van der Waals surface area contributed by atoms with E-state index in [2.05, 4.69) is 11.9 Å². The molecule has 0 bridgehead atoms. The fraction of sp³-hybridized carbons (Fsp3) is 0.500. The van der Waals surface area contributed by atoms with E-state index >= 15 is 0 Å². The van der Waals surface area contributed by atoms with Gasteiger partial charge in [-0.15, -0.1) is 0 Å². The molecule has 0 fully saturated rings. The second-order valence-electron chi connectivity index (χ2n) is 3.70. The van der Waals surface area contributed by atoms with Crippen molar-refractivity contribution in [2.45, 2.75) is 25.2 Å². The molecule has 0 saturated heterocycles. The predicted molar refractivity (Wildman–Crippen MR) is 68.2 cm³/mol. The monoisotopic (exact) mass is 289 g/mol. The van der Waals surface area contributed by atoms with E-state index in [1.54, 1.807) is 14.2 Å². The molecule has 0 aliphatic carbocycles. The van der Waals surface area contributed by atoms with Crippen molar-refractivity contribution in [2.24, 2.45) is 5.73 Å². The number of rotatable bonds is 5. The molecule has 0 radical (unpaired) electrons. The van der Waals surface area contributed by atoms with Gasteiger partial charge in [-0.3, -0.25) is 0 Å². The van der Waals surface area contributed by atoms with E-state index in [4.69, 9.17) is 15.2 Å². The molecule has 4 heteroatoms. The van der Waals surface area contributed by atoms with E-state index in [0.717, 1.165) is 23.5 Å². The normalized spacial score (nSPS) is 12.3. The first-order valence-electron chi connectivity index (χ1n) is 5.16. The van der Waals surface area contributed by atoms with Crippen LogP contribution in [-0.2, 0) is 6.42 Å². The summed E-state index contributed by atoms with van der Waals surface area (Å²) in [7, 11) is 3.39. The van der Waals surface area contributed by atoms with Crippen LogP contribution in [0.3, 0.4) is 0 Å². The van der Waals surface area contributed by atoms with Gasteiger partial charge in [-0.1, -0.05) is 0 Å². The van der Waals surface area contributed by atoms with Gasteiger partial charge in [-0.05, 0) is 0 Å². The fourth-order valence-corrected chi connectivity index (χ4v) is 2.79. The Hall–Kier alpha value is -0.701. The zero-order valence-electron chi connectivity index (χ0n) is 10.2. The Morgan fingerprint density at radius 2 is 1.88 bits per heavy atom. The van der Waals surface area contributed by atoms with Crippen molar-refractivity contribution in [3.8, 4) is 11.5 Å². The van der Waals surface area contributed by atoms with E-state index in [0.29, 0.717) is 15.0 Å². The Morgan fingerprint density at radius 1 is 1.25 bits per heavy atom. The van der Waals surface area contributed by atoms with Crippen molar-refractivity contribution < 1.29 is 9.47 Å². The molecule has 0 aliphatic heterocycles. The van der Waals surface area contributed by atoms with Crippen LogP contribution < -0.4 is 19.7 Å². The van der Waals surface area contributed by atoms with Crippen LogP contribution in [0.15, 0.2) is 12.1 Å². The zero-order valence-corrected chi connectivity index (χ0v) is 12.0. The van der Waals surface area contributed by atoms with Crippen LogP contribution in [0.25, 0.3) is 0 Å². The summed E-state index contributed by atoms with van der Waals surface area (Å²) in [5, 5.41) is 0. The molecule has 0 heterocycles. The van der Waals surface area contributed by atoms with Crippen molar-refractivity contribution in [3.63, 3.8) is 0 Å². The van der Waals surface area contributed by atoms with Crippen molar-refractivity contribution in [1.82, 2.24) is 0 Å². The SMILES string of the molecule is COc1cc([Se]C)c(OC)cc1C[C@@H](C)N. The number of hydrogen-bond donors (Lipinski definition) is 1. The number of methoxy groups -OCH3 is 2. The molecule has 1 aromatic carbocycles. The van der Waals surface area contributed by atoms with Gasteiger partial charge in [-0.25, -0.2) is 0 Å². The van der Waals surface area contributed by atoms with Crippen LogP contribution >= 0.6 is 0 Å². The third-order valence-corrected chi connectivity index (χ3v) is 3.92. The Kier molecular flexibility index (Phi) is 5.13. The van der Waals surface area contributed by atoms with Crippen molar-refractivity contribution >= 4 is 19.4 Å². The fourth-order valence-electron chi connectivity index (χ4n) is 1.60. The van der Waals surface area contributed by atoms with Gasteiger partial charge in [0.15, 0.2) is 0 Å². The van der Waals surface area contributed by atoms with Crippen molar-refractivity contribution in [1.29, 1.82) is 0 Å². The van der Waals surface area contributed by atoms with Gasteiger partial charge in [-0.2, -0.15) is 0 Å². The summed E-state index contributed by atoms with van der Waals surface area (Å²) < 4.78 is 12.0. The summed E-state index contributed by atoms with van der Waals surface area (Å²) >= 11 is 0.394. The molecule has 1 atom stereocenters. The Balaban J connectivity index is 3.15. The molecule has 0 unspecified atom stereocenters. The first-order chi connectivity index (χ1) is 7.62. The Bertz CT molecular complexity index is 353. The van der Waals surface area contributed by atoms with Crippen LogP contribution in [0, 0.1) is 0 Å². The van der Waals surface area contributed by atoms with E-state index in [9.17, 15) is 0 Å². The Labute approximate surface area is 103 Å². The minimum atomic E-state index is 0.122. The molecule has 1 rings (SSSR count). The summed E-state index contributed by atoms with van der Waals surface area (Å²) in [5.74, 6) is 4.02. The van der Waals surface area contributed by atoms with Crippen molar-refractivity contribution in [3.05, 3.63) is 17.7 Å². The third-order valence-electron chi connectivity index (χ3n) is 2.33. The van der Waals surface area contributed by atoms with Crippen LogP contribution in [0.2, 0.25) is 5.82 Å². The topological polar surface area (TPSA) is 44.5 Å². The number of hydrogen-bond acceptors (Lipinski definition) is 3. The molecule has 3 nitrogen and oxygen atoms in total. The molecule has 0 aliphatic rings. The minimum absolute atomic E-state index is 0.122. The summed E-state index contributed by atoms with van der Waals surface area (Å²) in [6.07, 6.45) is 0.802. The van der Waals surface area contributed by atoms with Crippen LogP contribution in [0.4, 0.5) is 0 Å². The molecule has 0 aromatic heterocycles. The maximum atomic E-state index is 5.82. The van der Waals surface area contributed by atoms with Gasteiger partial charge in [0.1, 0.15) is 0 Å². The standard InChI is InChI=1S/C12H19NO2Se/c1-8(13)5-9-6-11(15-3)12(16-4)7-10(9)14-2/h6-8H,5,13H2,1-4H3/t8-/m1/s1. The van der Waals surface area contributed by atoms with Crippen LogP contribution in [0.1, 0.15) is 12.5 Å². The first kappa shape index (κ1) is 13.4. The molecule has 0 saturated carbocycles. The van der Waals surface area contributed by atoms with Crippen LogP contribution in [0.5, 0.6) is 11.5 Å². The molecule has 0 amide bonds. The van der Waals surface area contributed by atoms with E-state index in [-0.39, 0.29) is 6.04 Å². The average Bonchev–Trinajstić information content (AvgIpc) is 2.27. The summed E-state index contributed by atoms with van der Waals surface area (Å²) in [6, 6.07) is 4.23. The predicted octanol–water partition coefficient (Wildman–Crippen LogP) is 0.971. The molecule has 2 N–H and O–H groups in total. The van der Waals surface area contributed by atoms with E-state index in [1.807, 2.05) is 13.0 Å². The van der Waals surface area contributed by atoms with E-state index in [1.165, 1.54) is 4.46 Å². The second-order valence-corrected chi connectivity index (χ2v) is 5.48. The average molecular weight is 288 g/mol. The van der Waals surface area contributed by atoms with Crippen molar-refractivity contribution in [2.75, 3.05) is 14.2 Å². The molecule has 0 spiro atoms. The second kappa shape index (κ2) is 6.14. The van der Waals surface area contributed by atoms with Gasteiger partial charge in [0.05, 0.1) is 0 Å². The molecular formula is C12H19NO2Se. The summed E-state index contributed by atoms with van der Waals surface area (Å²) in [4.78, 5) is 0. The number of benzene rings is 1. The van der Waals surface area contributed by atoms with Gasteiger partial charge >= 0.3 is 103 Å². The Morgan fingerprint density at radius 3 is 2.31 bits per heavy atom. The summed E-state index contributed by atoms with van der Waals surface area (Å²) in [5.41, 5.74) is 6.93. The molecule has 16 heavy (non-hydrogen) atoms. The van der Waals surface area contributed by atoms with Gasteiger partial charge in [0.2, 0.25) is 0 Å². The molecule has 90 valence electrons. The van der Waals surface area contributed by atoms with Crippen LogP contribution in [-0.4, -0.2) is 35.2 Å². The van der Waals surface area contributed by atoms with Gasteiger partial charge in [0, 0.05) is 0 Å². The van der Waals surface area contributed by atoms with Gasteiger partial charge in [0.25, 0.3) is 0 Å². The zero-order chi connectivity index (χ0) is 12.1. The number of nitrogens with two attached hydrogens (primary N) is 1. The molecular weight excluding hydrogens is 269 g/mol. The van der Waals surface area contributed by atoms with E-state index < -0.39 is 0 Å².